The van der Waals surface area contributed by atoms with Gasteiger partial charge in [0.25, 0.3) is 0 Å². The smallest absolute Gasteiger partial charge is 0.245 e. The Labute approximate surface area is 105 Å². The Kier molecular flexibility index (Phi) is 7.25. The minimum atomic E-state index is -0.0359. The highest BCUT2D eigenvalue weighted by Crippen LogP contribution is 2.31. The lowest BCUT2D eigenvalue weighted by Gasteiger charge is -2.25. The Hall–Kier alpha value is -0.570. The summed E-state index contributed by atoms with van der Waals surface area (Å²) in [5, 5.41) is 2.55. The summed E-state index contributed by atoms with van der Waals surface area (Å²) in [6.45, 7) is 3.29. The molecule has 0 aromatic rings. The van der Waals surface area contributed by atoms with Gasteiger partial charge in [0.1, 0.15) is 6.61 Å². The van der Waals surface area contributed by atoms with Crippen molar-refractivity contribution in [2.45, 2.75) is 51.9 Å². The number of carbonyl (C=O) groups is 1. The molecule has 0 radical (unpaired) electrons. The van der Waals surface area contributed by atoms with Crippen LogP contribution in [-0.4, -0.2) is 26.2 Å². The van der Waals surface area contributed by atoms with Gasteiger partial charge in [0.15, 0.2) is 0 Å². The van der Waals surface area contributed by atoms with Crippen molar-refractivity contribution in [1.82, 2.24) is 5.32 Å². The molecule has 1 aliphatic carbocycles. The van der Waals surface area contributed by atoms with Crippen LogP contribution in [0.3, 0.4) is 0 Å². The molecule has 0 heterocycles. The van der Waals surface area contributed by atoms with Gasteiger partial charge >= 0.3 is 0 Å². The third kappa shape index (κ3) is 6.67. The van der Waals surface area contributed by atoms with E-state index in [-0.39, 0.29) is 12.5 Å². The fourth-order valence-corrected chi connectivity index (χ4v) is 2.49. The molecule has 1 N–H and O–H groups in total. The van der Waals surface area contributed by atoms with Crippen molar-refractivity contribution < 1.29 is 9.53 Å². The lowest BCUT2D eigenvalue weighted by Crippen LogP contribution is -2.23. The molecule has 0 saturated heterocycles. The lowest BCUT2D eigenvalue weighted by atomic mass is 9.81. The standard InChI is InChI=1S/C14H27NO2/c1-12-6-8-13(9-7-12)5-3-4-10-17-11-14(16)15-2/h12-13H,3-11H2,1-2H3,(H,15,16). The first-order chi connectivity index (χ1) is 8.22. The van der Waals surface area contributed by atoms with Crippen molar-refractivity contribution >= 4 is 5.91 Å². The molecule has 0 aromatic heterocycles. The van der Waals surface area contributed by atoms with Crippen LogP contribution < -0.4 is 5.32 Å². The summed E-state index contributed by atoms with van der Waals surface area (Å²) in [6, 6.07) is 0. The zero-order chi connectivity index (χ0) is 12.5. The molecule has 0 unspecified atom stereocenters. The minimum Gasteiger partial charge on any atom is -0.372 e. The maximum Gasteiger partial charge on any atom is 0.245 e. The SMILES string of the molecule is CNC(=O)COCCCCC1CCC(C)CC1. The molecule has 100 valence electrons. The maximum absolute atomic E-state index is 10.9. The molecule has 3 nitrogen and oxygen atoms in total. The fourth-order valence-electron chi connectivity index (χ4n) is 2.49. The molecule has 3 heteroatoms. The Morgan fingerprint density at radius 1 is 1.24 bits per heavy atom. The number of amides is 1. The van der Waals surface area contributed by atoms with Gasteiger partial charge in [-0.25, -0.2) is 0 Å². The molecule has 0 aliphatic heterocycles. The van der Waals surface area contributed by atoms with Crippen molar-refractivity contribution in [1.29, 1.82) is 0 Å². The van der Waals surface area contributed by atoms with Crippen molar-refractivity contribution in [3.8, 4) is 0 Å². The van der Waals surface area contributed by atoms with Gasteiger partial charge in [-0.05, 0) is 18.3 Å². The van der Waals surface area contributed by atoms with E-state index in [1.54, 1.807) is 7.05 Å². The second kappa shape index (κ2) is 8.51. The van der Waals surface area contributed by atoms with E-state index in [1.165, 1.54) is 38.5 Å². The molecule has 1 fully saturated rings. The zero-order valence-corrected chi connectivity index (χ0v) is 11.3. The second-order valence-corrected chi connectivity index (χ2v) is 5.35. The Morgan fingerprint density at radius 3 is 2.59 bits per heavy atom. The number of rotatable bonds is 7. The quantitative estimate of drug-likeness (QED) is 0.696. The molecule has 0 bridgehead atoms. The van der Waals surface area contributed by atoms with Crippen molar-refractivity contribution in [2.24, 2.45) is 11.8 Å². The van der Waals surface area contributed by atoms with Crippen LogP contribution in [0.15, 0.2) is 0 Å². The average Bonchev–Trinajstić information content (AvgIpc) is 2.35. The number of nitrogens with one attached hydrogen (secondary N) is 1. The van der Waals surface area contributed by atoms with E-state index in [9.17, 15) is 4.79 Å². The van der Waals surface area contributed by atoms with Gasteiger partial charge < -0.3 is 10.1 Å². The first-order valence-electron chi connectivity index (χ1n) is 7.00. The van der Waals surface area contributed by atoms with Crippen LogP contribution in [0.1, 0.15) is 51.9 Å². The average molecular weight is 241 g/mol. The van der Waals surface area contributed by atoms with Gasteiger partial charge in [-0.1, -0.05) is 45.4 Å². The highest BCUT2D eigenvalue weighted by atomic mass is 16.5. The van der Waals surface area contributed by atoms with Crippen LogP contribution in [-0.2, 0) is 9.53 Å². The molecule has 0 aromatic carbocycles. The predicted octanol–water partition coefficient (Wildman–Crippen LogP) is 2.75. The third-order valence-corrected chi connectivity index (χ3v) is 3.80. The van der Waals surface area contributed by atoms with Crippen LogP contribution in [0, 0.1) is 11.8 Å². The van der Waals surface area contributed by atoms with Crippen LogP contribution in [0.4, 0.5) is 0 Å². The van der Waals surface area contributed by atoms with E-state index >= 15 is 0 Å². The largest absolute Gasteiger partial charge is 0.372 e. The number of hydrogen-bond donors (Lipinski definition) is 1. The number of ether oxygens (including phenoxy) is 1. The number of hydrogen-bond acceptors (Lipinski definition) is 2. The fraction of sp³-hybridized carbons (Fsp3) is 0.929. The summed E-state index contributed by atoms with van der Waals surface area (Å²) in [5.41, 5.74) is 0. The van der Waals surface area contributed by atoms with E-state index in [0.29, 0.717) is 0 Å². The lowest BCUT2D eigenvalue weighted by molar-refractivity contribution is -0.125. The number of likely N-dealkylation sites (N-methyl/N-ethyl adjacent to an activating group) is 1. The van der Waals surface area contributed by atoms with Gasteiger partial charge in [0, 0.05) is 13.7 Å². The first kappa shape index (κ1) is 14.5. The second-order valence-electron chi connectivity index (χ2n) is 5.35. The molecule has 1 rings (SSSR count). The van der Waals surface area contributed by atoms with Crippen molar-refractivity contribution in [3.05, 3.63) is 0 Å². The Morgan fingerprint density at radius 2 is 1.94 bits per heavy atom. The molecule has 0 atom stereocenters. The summed E-state index contributed by atoms with van der Waals surface area (Å²) >= 11 is 0. The highest BCUT2D eigenvalue weighted by molar-refractivity contribution is 5.76. The summed E-state index contributed by atoms with van der Waals surface area (Å²) in [6.07, 6.45) is 9.34. The van der Waals surface area contributed by atoms with Crippen LogP contribution >= 0.6 is 0 Å². The molecule has 17 heavy (non-hydrogen) atoms. The summed E-state index contributed by atoms with van der Waals surface area (Å²) < 4.78 is 5.28. The van der Waals surface area contributed by atoms with E-state index in [1.807, 2.05) is 0 Å². The predicted molar refractivity (Wildman–Crippen MR) is 69.9 cm³/mol. The molecule has 1 amide bonds. The van der Waals surface area contributed by atoms with Gasteiger partial charge in [-0.2, -0.15) is 0 Å². The normalized spacial score (nSPS) is 24.6. The van der Waals surface area contributed by atoms with Crippen molar-refractivity contribution in [3.63, 3.8) is 0 Å². The number of carbonyl (C=O) groups excluding carboxylic acids is 1. The van der Waals surface area contributed by atoms with Gasteiger partial charge in [0.2, 0.25) is 5.91 Å². The van der Waals surface area contributed by atoms with Gasteiger partial charge in [-0.15, -0.1) is 0 Å². The van der Waals surface area contributed by atoms with Crippen LogP contribution in [0.2, 0.25) is 0 Å². The monoisotopic (exact) mass is 241 g/mol. The van der Waals surface area contributed by atoms with Crippen LogP contribution in [0.25, 0.3) is 0 Å². The molecule has 1 saturated carbocycles. The minimum absolute atomic E-state index is 0.0359. The first-order valence-corrected chi connectivity index (χ1v) is 7.00. The summed E-state index contributed by atoms with van der Waals surface area (Å²) in [7, 11) is 1.63. The molecular weight excluding hydrogens is 214 g/mol. The van der Waals surface area contributed by atoms with E-state index < -0.39 is 0 Å². The van der Waals surface area contributed by atoms with E-state index in [4.69, 9.17) is 4.74 Å². The van der Waals surface area contributed by atoms with Gasteiger partial charge in [-0.3, -0.25) is 4.79 Å². The number of unbranched alkanes of at least 4 members (excludes halogenated alkanes) is 1. The maximum atomic E-state index is 10.9. The summed E-state index contributed by atoms with van der Waals surface area (Å²) in [4.78, 5) is 10.9. The van der Waals surface area contributed by atoms with E-state index in [0.717, 1.165) is 24.9 Å². The van der Waals surface area contributed by atoms with Crippen molar-refractivity contribution in [2.75, 3.05) is 20.3 Å². The van der Waals surface area contributed by atoms with Gasteiger partial charge in [0.05, 0.1) is 0 Å². The van der Waals surface area contributed by atoms with E-state index in [2.05, 4.69) is 12.2 Å². The topological polar surface area (TPSA) is 38.3 Å². The Bertz CT molecular complexity index is 210. The molecular formula is C14H27NO2. The third-order valence-electron chi connectivity index (χ3n) is 3.80. The Balaban J connectivity index is 1.89. The highest BCUT2D eigenvalue weighted by Gasteiger charge is 2.17. The zero-order valence-electron chi connectivity index (χ0n) is 11.3. The molecule has 0 spiro atoms. The molecule has 1 aliphatic rings. The van der Waals surface area contributed by atoms with Crippen LogP contribution in [0.5, 0.6) is 0 Å². The summed E-state index contributed by atoms with van der Waals surface area (Å²) in [5.74, 6) is 1.86.